The van der Waals surface area contributed by atoms with E-state index in [4.69, 9.17) is 0 Å². The maximum atomic E-state index is 10.5. The highest BCUT2D eigenvalue weighted by Gasteiger charge is 2.08. The molecule has 0 bridgehead atoms. The highest BCUT2D eigenvalue weighted by atomic mass is 16.3. The monoisotopic (exact) mass is 177 g/mol. The molecule has 0 saturated carbocycles. The molecule has 0 aromatic heterocycles. The zero-order valence-electron chi connectivity index (χ0n) is 6.98. The number of hydrogen-bond acceptors (Lipinski definition) is 4. The van der Waals surface area contributed by atoms with E-state index in [1.54, 1.807) is 6.92 Å². The highest BCUT2D eigenvalue weighted by Crippen LogP contribution is 2.23. The molecule has 0 saturated heterocycles. The van der Waals surface area contributed by atoms with Crippen molar-refractivity contribution in [3.63, 3.8) is 0 Å². The molecule has 4 heteroatoms. The lowest BCUT2D eigenvalue weighted by Gasteiger charge is -2.00. The van der Waals surface area contributed by atoms with Crippen molar-refractivity contribution in [1.82, 2.24) is 0 Å². The van der Waals surface area contributed by atoms with Crippen LogP contribution in [-0.4, -0.2) is 12.6 Å². The minimum atomic E-state index is -0.0874. The van der Waals surface area contributed by atoms with Gasteiger partial charge in [-0.25, -0.2) is 0 Å². The van der Waals surface area contributed by atoms with Crippen LogP contribution < -0.4 is 0 Å². The fraction of sp³-hybridized carbons (Fsp3) is 0.111. The minimum Gasteiger partial charge on any atom is -0.298 e. The van der Waals surface area contributed by atoms with Gasteiger partial charge in [-0.2, -0.15) is 0 Å². The van der Waals surface area contributed by atoms with Crippen LogP contribution >= 0.6 is 0 Å². The van der Waals surface area contributed by atoms with Gasteiger partial charge < -0.3 is 0 Å². The summed E-state index contributed by atoms with van der Waals surface area (Å²) >= 11 is 0. The molecule has 66 valence electrons. The zero-order chi connectivity index (χ0) is 9.84. The second-order valence-corrected chi connectivity index (χ2v) is 2.62. The van der Waals surface area contributed by atoms with Gasteiger partial charge in [-0.1, -0.05) is 0 Å². The molecule has 0 aliphatic carbocycles. The van der Waals surface area contributed by atoms with Crippen LogP contribution in [0.1, 0.15) is 26.3 Å². The summed E-state index contributed by atoms with van der Waals surface area (Å²) in [6.07, 6.45) is 1.02. The van der Waals surface area contributed by atoms with Gasteiger partial charge in [-0.05, 0) is 29.8 Å². The average Bonchev–Trinajstić information content (AvgIpc) is 2.16. The second-order valence-electron chi connectivity index (χ2n) is 2.62. The van der Waals surface area contributed by atoms with Gasteiger partial charge in [-0.3, -0.25) is 9.59 Å². The third-order valence-electron chi connectivity index (χ3n) is 1.66. The minimum absolute atomic E-state index is 0.0874. The third kappa shape index (κ3) is 1.66. The van der Waals surface area contributed by atoms with Crippen molar-refractivity contribution in [1.29, 1.82) is 0 Å². The molecule has 13 heavy (non-hydrogen) atoms. The molecule has 0 atom stereocenters. The average molecular weight is 177 g/mol. The molecule has 0 unspecified atom stereocenters. The van der Waals surface area contributed by atoms with Crippen LogP contribution in [0.15, 0.2) is 17.3 Å². The number of aldehydes is 2. The summed E-state index contributed by atoms with van der Waals surface area (Å²) in [7, 11) is 0. The molecule has 1 rings (SSSR count). The van der Waals surface area contributed by atoms with Crippen molar-refractivity contribution in [3.05, 3.63) is 33.7 Å². The Labute approximate surface area is 74.5 Å². The summed E-state index contributed by atoms with van der Waals surface area (Å²) < 4.78 is 0. The number of nitroso groups, excluding NO2 is 1. The number of aryl methyl sites for hydroxylation is 1. The summed E-state index contributed by atoms with van der Waals surface area (Å²) in [6, 6.07) is 3.02. The lowest BCUT2D eigenvalue weighted by atomic mass is 10.1. The number of carbonyl (C=O) groups is 2. The molecule has 0 fully saturated rings. The Bertz CT molecular complexity index is 342. The van der Waals surface area contributed by atoms with E-state index < -0.39 is 0 Å². The molecular weight excluding hydrogens is 170 g/mol. The van der Waals surface area contributed by atoms with E-state index in [1.807, 2.05) is 0 Å². The van der Waals surface area contributed by atoms with Crippen LogP contribution in [0.25, 0.3) is 0 Å². The predicted molar refractivity (Wildman–Crippen MR) is 47.4 cm³/mol. The van der Waals surface area contributed by atoms with E-state index in [1.165, 1.54) is 12.1 Å². The molecule has 0 radical (unpaired) electrons. The first kappa shape index (κ1) is 9.25. The maximum Gasteiger partial charge on any atom is 0.152 e. The summed E-state index contributed by atoms with van der Waals surface area (Å²) in [6.45, 7) is 1.73. The Morgan fingerprint density at radius 1 is 1.15 bits per heavy atom. The fourth-order valence-electron chi connectivity index (χ4n) is 1.12. The number of hydrogen-bond donors (Lipinski definition) is 0. The first-order chi connectivity index (χ1) is 6.22. The molecule has 1 aromatic carbocycles. The number of carbonyl (C=O) groups excluding carboxylic acids is 2. The van der Waals surface area contributed by atoms with Crippen LogP contribution in [0.4, 0.5) is 5.69 Å². The standard InChI is InChI=1S/C9H7NO3/c1-6-2-7(4-11)9(10-13)8(3-6)5-12/h2-5H,1H3. The van der Waals surface area contributed by atoms with Gasteiger partial charge in [0.1, 0.15) is 5.69 Å². The van der Waals surface area contributed by atoms with Gasteiger partial charge in [0, 0.05) is 11.1 Å². The molecule has 0 aliphatic rings. The number of benzene rings is 1. The van der Waals surface area contributed by atoms with Gasteiger partial charge in [0.2, 0.25) is 0 Å². The Hall–Kier alpha value is -1.84. The molecule has 1 aromatic rings. The molecule has 4 nitrogen and oxygen atoms in total. The Balaban J connectivity index is 3.50. The lowest BCUT2D eigenvalue weighted by Crippen LogP contribution is -1.89. The van der Waals surface area contributed by atoms with Gasteiger partial charge in [0.25, 0.3) is 0 Å². The fourth-order valence-corrected chi connectivity index (χ4v) is 1.12. The first-order valence-corrected chi connectivity index (χ1v) is 3.61. The Morgan fingerprint density at radius 3 is 1.92 bits per heavy atom. The first-order valence-electron chi connectivity index (χ1n) is 3.61. The topological polar surface area (TPSA) is 63.6 Å². The van der Waals surface area contributed by atoms with Crippen molar-refractivity contribution in [2.75, 3.05) is 0 Å². The van der Waals surface area contributed by atoms with Crippen LogP contribution in [0.5, 0.6) is 0 Å². The van der Waals surface area contributed by atoms with Crippen molar-refractivity contribution in [2.24, 2.45) is 5.18 Å². The Morgan fingerprint density at radius 2 is 1.62 bits per heavy atom. The maximum absolute atomic E-state index is 10.5. The van der Waals surface area contributed by atoms with Crippen molar-refractivity contribution in [2.45, 2.75) is 6.92 Å². The van der Waals surface area contributed by atoms with E-state index in [2.05, 4.69) is 5.18 Å². The van der Waals surface area contributed by atoms with Gasteiger partial charge in [0.15, 0.2) is 12.6 Å². The lowest BCUT2D eigenvalue weighted by molar-refractivity contribution is 0.112. The van der Waals surface area contributed by atoms with E-state index >= 15 is 0 Å². The van der Waals surface area contributed by atoms with E-state index in [9.17, 15) is 14.5 Å². The molecule has 0 aliphatic heterocycles. The van der Waals surface area contributed by atoms with Crippen LogP contribution in [0, 0.1) is 11.8 Å². The van der Waals surface area contributed by atoms with Crippen molar-refractivity contribution < 1.29 is 9.59 Å². The molecule has 0 amide bonds. The van der Waals surface area contributed by atoms with Crippen LogP contribution in [-0.2, 0) is 0 Å². The summed E-state index contributed by atoms with van der Waals surface area (Å²) in [5, 5.41) is 2.64. The molecular formula is C9H7NO3. The smallest absolute Gasteiger partial charge is 0.152 e. The van der Waals surface area contributed by atoms with E-state index in [-0.39, 0.29) is 16.8 Å². The summed E-state index contributed by atoms with van der Waals surface area (Å²) in [4.78, 5) is 31.3. The van der Waals surface area contributed by atoms with Crippen molar-refractivity contribution >= 4 is 18.3 Å². The van der Waals surface area contributed by atoms with Crippen LogP contribution in [0.2, 0.25) is 0 Å². The molecule has 0 heterocycles. The molecule has 0 N–H and O–H groups in total. The van der Waals surface area contributed by atoms with Gasteiger partial charge in [-0.15, -0.1) is 4.91 Å². The van der Waals surface area contributed by atoms with E-state index in [0.29, 0.717) is 12.6 Å². The Kier molecular flexibility index (Phi) is 2.64. The number of nitrogens with zero attached hydrogens (tertiary/aromatic N) is 1. The SMILES string of the molecule is Cc1cc(C=O)c(N=O)c(C=O)c1. The second kappa shape index (κ2) is 3.71. The quantitative estimate of drug-likeness (QED) is 0.524. The van der Waals surface area contributed by atoms with Gasteiger partial charge in [0.05, 0.1) is 0 Å². The van der Waals surface area contributed by atoms with E-state index in [0.717, 1.165) is 5.56 Å². The third-order valence-corrected chi connectivity index (χ3v) is 1.66. The normalized spacial score (nSPS) is 9.31. The van der Waals surface area contributed by atoms with Gasteiger partial charge >= 0.3 is 0 Å². The number of rotatable bonds is 3. The zero-order valence-corrected chi connectivity index (χ0v) is 6.98. The summed E-state index contributed by atoms with van der Waals surface area (Å²) in [5.74, 6) is 0. The summed E-state index contributed by atoms with van der Waals surface area (Å²) in [5.41, 5.74) is 0.960. The predicted octanol–water partition coefficient (Wildman–Crippen LogP) is 2.02. The molecule has 0 spiro atoms. The largest absolute Gasteiger partial charge is 0.298 e. The van der Waals surface area contributed by atoms with Crippen molar-refractivity contribution in [3.8, 4) is 0 Å². The highest BCUT2D eigenvalue weighted by molar-refractivity contribution is 5.93. The van der Waals surface area contributed by atoms with Crippen LogP contribution in [0.3, 0.4) is 0 Å².